The van der Waals surface area contributed by atoms with E-state index in [0.29, 0.717) is 34.0 Å². The van der Waals surface area contributed by atoms with Gasteiger partial charge in [0.15, 0.2) is 17.1 Å². The van der Waals surface area contributed by atoms with Gasteiger partial charge in [-0.3, -0.25) is 4.79 Å². The Balaban J connectivity index is 1.61. The zero-order valence-electron chi connectivity index (χ0n) is 17.0. The lowest BCUT2D eigenvalue weighted by molar-refractivity contribution is -0.113. The minimum Gasteiger partial charge on any atom is -0.497 e. The largest absolute Gasteiger partial charge is 0.497 e. The molecule has 0 fully saturated rings. The van der Waals surface area contributed by atoms with Crippen LogP contribution < -0.4 is 14.8 Å². The van der Waals surface area contributed by atoms with E-state index in [9.17, 15) is 4.79 Å². The van der Waals surface area contributed by atoms with Crippen molar-refractivity contribution in [1.82, 2.24) is 14.8 Å². The van der Waals surface area contributed by atoms with Crippen LogP contribution in [0, 0.1) is 0 Å². The van der Waals surface area contributed by atoms with E-state index in [-0.39, 0.29) is 17.8 Å². The van der Waals surface area contributed by atoms with Crippen LogP contribution >= 0.6 is 23.4 Å². The molecule has 1 atom stereocenters. The van der Waals surface area contributed by atoms with Gasteiger partial charge in [0.1, 0.15) is 11.5 Å². The van der Waals surface area contributed by atoms with E-state index in [1.54, 1.807) is 31.4 Å². The van der Waals surface area contributed by atoms with Crippen molar-refractivity contribution in [3.8, 4) is 11.5 Å². The molecular formula is C21H23ClN4O3S. The molecule has 0 aliphatic heterocycles. The fourth-order valence-electron chi connectivity index (χ4n) is 2.78. The normalized spacial score (nSPS) is 11.7. The van der Waals surface area contributed by atoms with Crippen molar-refractivity contribution in [2.24, 2.45) is 0 Å². The Kier molecular flexibility index (Phi) is 7.59. The maximum absolute atomic E-state index is 12.2. The highest BCUT2D eigenvalue weighted by Gasteiger charge is 2.19. The van der Waals surface area contributed by atoms with Gasteiger partial charge in [0.05, 0.1) is 12.9 Å². The molecule has 3 aromatic rings. The molecule has 3 rings (SSSR count). The number of ether oxygens (including phenoxy) is 2. The van der Waals surface area contributed by atoms with Crippen molar-refractivity contribution < 1.29 is 14.3 Å². The summed E-state index contributed by atoms with van der Waals surface area (Å²) in [6, 6.07) is 14.4. The Morgan fingerprint density at radius 3 is 2.43 bits per heavy atom. The maximum atomic E-state index is 12.2. The number of amides is 1. The van der Waals surface area contributed by atoms with Gasteiger partial charge < -0.3 is 19.4 Å². The second-order valence-electron chi connectivity index (χ2n) is 6.36. The molecule has 1 unspecified atom stereocenters. The van der Waals surface area contributed by atoms with Gasteiger partial charge in [-0.1, -0.05) is 23.4 Å². The highest BCUT2D eigenvalue weighted by molar-refractivity contribution is 7.99. The molecule has 1 amide bonds. The quantitative estimate of drug-likeness (QED) is 0.474. The Bertz CT molecular complexity index is 977. The Hall–Kier alpha value is -2.71. The zero-order chi connectivity index (χ0) is 21.5. The molecule has 2 aromatic carbocycles. The van der Waals surface area contributed by atoms with Crippen LogP contribution in [-0.4, -0.2) is 33.5 Å². The summed E-state index contributed by atoms with van der Waals surface area (Å²) in [7, 11) is 1.62. The van der Waals surface area contributed by atoms with E-state index in [2.05, 4.69) is 15.5 Å². The van der Waals surface area contributed by atoms with Crippen molar-refractivity contribution in [3.63, 3.8) is 0 Å². The lowest BCUT2D eigenvalue weighted by Gasteiger charge is -2.15. The third kappa shape index (κ3) is 5.67. The second kappa shape index (κ2) is 10.4. The lowest BCUT2D eigenvalue weighted by atomic mass is 10.3. The molecule has 0 saturated heterocycles. The van der Waals surface area contributed by atoms with Crippen molar-refractivity contribution in [2.75, 3.05) is 18.2 Å². The maximum Gasteiger partial charge on any atom is 0.234 e. The van der Waals surface area contributed by atoms with Crippen LogP contribution in [0.2, 0.25) is 5.02 Å². The Morgan fingerprint density at radius 2 is 1.80 bits per heavy atom. The fourth-order valence-corrected chi connectivity index (χ4v) is 3.71. The minimum absolute atomic E-state index is 0.128. The summed E-state index contributed by atoms with van der Waals surface area (Å²) in [5.74, 6) is 2.27. The van der Waals surface area contributed by atoms with Gasteiger partial charge in [0, 0.05) is 17.3 Å². The van der Waals surface area contributed by atoms with Gasteiger partial charge in [-0.2, -0.15) is 0 Å². The summed E-state index contributed by atoms with van der Waals surface area (Å²) in [6.45, 7) is 4.59. The smallest absolute Gasteiger partial charge is 0.234 e. The standard InChI is InChI=1S/C21H23ClN4O3S/c1-4-26-20(14(2)29-18-11-9-17(28-3)10-12-18)24-25-21(26)30-13-19(27)23-16-7-5-15(22)6-8-16/h5-12,14H,4,13H2,1-3H3,(H,23,27). The minimum atomic E-state index is -0.303. The second-order valence-corrected chi connectivity index (χ2v) is 7.74. The van der Waals surface area contributed by atoms with Crippen molar-refractivity contribution in [3.05, 3.63) is 59.4 Å². The average molecular weight is 447 g/mol. The number of nitrogens with zero attached hydrogens (tertiary/aromatic N) is 3. The first-order chi connectivity index (χ1) is 14.5. The number of nitrogens with one attached hydrogen (secondary N) is 1. The van der Waals surface area contributed by atoms with Crippen LogP contribution in [0.1, 0.15) is 25.8 Å². The summed E-state index contributed by atoms with van der Waals surface area (Å²) in [5, 5.41) is 12.7. The molecule has 9 heteroatoms. The van der Waals surface area contributed by atoms with E-state index in [4.69, 9.17) is 21.1 Å². The van der Waals surface area contributed by atoms with Crippen molar-refractivity contribution in [2.45, 2.75) is 31.7 Å². The van der Waals surface area contributed by atoms with Crippen LogP contribution in [0.15, 0.2) is 53.7 Å². The first-order valence-corrected chi connectivity index (χ1v) is 10.8. The Morgan fingerprint density at radius 1 is 1.13 bits per heavy atom. The first-order valence-electron chi connectivity index (χ1n) is 9.42. The molecule has 7 nitrogen and oxygen atoms in total. The third-order valence-electron chi connectivity index (χ3n) is 4.26. The number of hydrogen-bond acceptors (Lipinski definition) is 6. The monoisotopic (exact) mass is 446 g/mol. The number of benzene rings is 2. The van der Waals surface area contributed by atoms with E-state index >= 15 is 0 Å². The molecule has 1 N–H and O–H groups in total. The van der Waals surface area contributed by atoms with Crippen LogP contribution in [0.25, 0.3) is 0 Å². The SMILES string of the molecule is CCn1c(SCC(=O)Nc2ccc(Cl)cc2)nnc1C(C)Oc1ccc(OC)cc1. The fraction of sp³-hybridized carbons (Fsp3) is 0.286. The van der Waals surface area contributed by atoms with Gasteiger partial charge in [-0.25, -0.2) is 0 Å². The highest BCUT2D eigenvalue weighted by atomic mass is 35.5. The topological polar surface area (TPSA) is 78.3 Å². The van der Waals surface area contributed by atoms with Gasteiger partial charge in [0.2, 0.25) is 5.91 Å². The third-order valence-corrected chi connectivity index (χ3v) is 5.48. The number of anilines is 1. The molecule has 158 valence electrons. The molecule has 0 saturated carbocycles. The predicted octanol–water partition coefficient (Wildman–Crippen LogP) is 4.83. The highest BCUT2D eigenvalue weighted by Crippen LogP contribution is 2.26. The molecule has 30 heavy (non-hydrogen) atoms. The lowest BCUT2D eigenvalue weighted by Crippen LogP contribution is -2.15. The van der Waals surface area contributed by atoms with E-state index in [0.717, 1.165) is 5.75 Å². The number of rotatable bonds is 9. The number of methoxy groups -OCH3 is 1. The summed E-state index contributed by atoms with van der Waals surface area (Å²) >= 11 is 7.20. The van der Waals surface area contributed by atoms with E-state index in [1.165, 1.54) is 11.8 Å². The Labute approximate surface area is 184 Å². The number of hydrogen-bond donors (Lipinski definition) is 1. The summed E-state index contributed by atoms with van der Waals surface area (Å²) in [4.78, 5) is 12.2. The number of halogens is 1. The first kappa shape index (κ1) is 22.0. The molecule has 1 aromatic heterocycles. The number of carbonyl (C=O) groups is 1. The van der Waals surface area contributed by atoms with E-state index < -0.39 is 0 Å². The van der Waals surface area contributed by atoms with Crippen LogP contribution in [0.5, 0.6) is 11.5 Å². The van der Waals surface area contributed by atoms with Gasteiger partial charge >= 0.3 is 0 Å². The van der Waals surface area contributed by atoms with Gasteiger partial charge in [0.25, 0.3) is 0 Å². The number of carbonyl (C=O) groups excluding carboxylic acids is 1. The molecular weight excluding hydrogens is 424 g/mol. The molecule has 0 bridgehead atoms. The van der Waals surface area contributed by atoms with Gasteiger partial charge in [-0.15, -0.1) is 10.2 Å². The van der Waals surface area contributed by atoms with Gasteiger partial charge in [-0.05, 0) is 62.4 Å². The van der Waals surface area contributed by atoms with E-state index in [1.807, 2.05) is 42.7 Å². The summed E-state index contributed by atoms with van der Waals surface area (Å²) in [5.41, 5.74) is 0.698. The van der Waals surface area contributed by atoms with Crippen molar-refractivity contribution >= 4 is 35.0 Å². The van der Waals surface area contributed by atoms with Crippen molar-refractivity contribution in [1.29, 1.82) is 0 Å². The molecule has 0 spiro atoms. The molecule has 0 aliphatic rings. The predicted molar refractivity (Wildman–Crippen MR) is 119 cm³/mol. The summed E-state index contributed by atoms with van der Waals surface area (Å²) in [6.07, 6.45) is -0.303. The van der Waals surface area contributed by atoms with Crippen LogP contribution in [-0.2, 0) is 11.3 Å². The zero-order valence-corrected chi connectivity index (χ0v) is 18.5. The molecule has 0 aliphatic carbocycles. The number of thioether (sulfide) groups is 1. The summed E-state index contributed by atoms with van der Waals surface area (Å²) < 4.78 is 13.1. The van der Waals surface area contributed by atoms with Crippen LogP contribution in [0.4, 0.5) is 5.69 Å². The average Bonchev–Trinajstić information content (AvgIpc) is 3.17. The molecule has 1 heterocycles. The molecule has 0 radical (unpaired) electrons. The number of aromatic nitrogens is 3. The van der Waals surface area contributed by atoms with Crippen LogP contribution in [0.3, 0.4) is 0 Å².